The van der Waals surface area contributed by atoms with E-state index in [0.29, 0.717) is 23.5 Å². The molecule has 0 spiro atoms. The zero-order valence-electron chi connectivity index (χ0n) is 11.3. The van der Waals surface area contributed by atoms with Crippen LogP contribution in [0.2, 0.25) is 5.02 Å². The van der Waals surface area contributed by atoms with Gasteiger partial charge in [0.25, 0.3) is 0 Å². The Labute approximate surface area is 133 Å². The van der Waals surface area contributed by atoms with Crippen molar-refractivity contribution in [2.24, 2.45) is 5.92 Å². The molecule has 0 saturated carbocycles. The fraction of sp³-hybridized carbons (Fsp3) is 0.538. The van der Waals surface area contributed by atoms with Crippen LogP contribution in [0.25, 0.3) is 0 Å². The third kappa shape index (κ3) is 3.54. The van der Waals surface area contributed by atoms with Crippen LogP contribution in [0.5, 0.6) is 0 Å². The van der Waals surface area contributed by atoms with Crippen LogP contribution in [0.4, 0.5) is 0 Å². The molecule has 112 valence electrons. The van der Waals surface area contributed by atoms with E-state index in [0.717, 1.165) is 19.4 Å². The van der Waals surface area contributed by atoms with E-state index in [-0.39, 0.29) is 9.92 Å². The Kier molecular flexibility index (Phi) is 5.48. The van der Waals surface area contributed by atoms with Gasteiger partial charge >= 0.3 is 0 Å². The molecule has 0 aromatic heterocycles. The maximum absolute atomic E-state index is 12.7. The lowest BCUT2D eigenvalue weighted by Crippen LogP contribution is -2.42. The molecular formula is C13H18BrClN2O2S. The van der Waals surface area contributed by atoms with Crippen molar-refractivity contribution < 1.29 is 8.42 Å². The summed E-state index contributed by atoms with van der Waals surface area (Å²) in [5.74, 6) is 0.356. The van der Waals surface area contributed by atoms with Gasteiger partial charge in [0.2, 0.25) is 10.0 Å². The highest BCUT2D eigenvalue weighted by Gasteiger charge is 2.31. The van der Waals surface area contributed by atoms with E-state index in [1.54, 1.807) is 22.5 Å². The third-order valence-corrected chi connectivity index (χ3v) is 6.33. The molecule has 1 N–H and O–H groups in total. The van der Waals surface area contributed by atoms with Crippen molar-refractivity contribution >= 4 is 37.6 Å². The van der Waals surface area contributed by atoms with Crippen LogP contribution in [-0.2, 0) is 10.0 Å². The quantitative estimate of drug-likeness (QED) is 0.872. The first-order valence-electron chi connectivity index (χ1n) is 6.55. The number of nitrogens with zero attached hydrogens (tertiary/aromatic N) is 1. The van der Waals surface area contributed by atoms with Crippen molar-refractivity contribution in [1.82, 2.24) is 9.62 Å². The lowest BCUT2D eigenvalue weighted by Gasteiger charge is -2.32. The Morgan fingerprint density at radius 2 is 2.25 bits per heavy atom. The molecular weight excluding hydrogens is 364 g/mol. The number of benzene rings is 1. The smallest absolute Gasteiger partial charge is 0.244 e. The predicted molar refractivity (Wildman–Crippen MR) is 84.6 cm³/mol. The lowest BCUT2D eigenvalue weighted by molar-refractivity contribution is 0.263. The largest absolute Gasteiger partial charge is 0.319 e. The van der Waals surface area contributed by atoms with Crippen molar-refractivity contribution in [2.75, 3.05) is 26.7 Å². The van der Waals surface area contributed by atoms with E-state index in [2.05, 4.69) is 21.2 Å². The van der Waals surface area contributed by atoms with Gasteiger partial charge in [-0.3, -0.25) is 0 Å². The summed E-state index contributed by atoms with van der Waals surface area (Å²) in [4.78, 5) is 0.179. The van der Waals surface area contributed by atoms with Gasteiger partial charge in [0.15, 0.2) is 0 Å². The molecule has 0 amide bonds. The van der Waals surface area contributed by atoms with Gasteiger partial charge < -0.3 is 5.32 Å². The first-order chi connectivity index (χ1) is 9.45. The summed E-state index contributed by atoms with van der Waals surface area (Å²) in [5, 5.41) is 3.38. The van der Waals surface area contributed by atoms with Crippen molar-refractivity contribution in [3.05, 3.63) is 27.7 Å². The summed E-state index contributed by atoms with van der Waals surface area (Å²) in [5.41, 5.74) is 0. The molecule has 20 heavy (non-hydrogen) atoms. The first kappa shape index (κ1) is 16.2. The molecule has 1 aromatic carbocycles. The highest BCUT2D eigenvalue weighted by Crippen LogP contribution is 2.30. The number of rotatable bonds is 4. The molecule has 0 unspecified atom stereocenters. The molecule has 0 aliphatic carbocycles. The Hall–Kier alpha value is -0.140. The fourth-order valence-electron chi connectivity index (χ4n) is 2.51. The first-order valence-corrected chi connectivity index (χ1v) is 9.16. The zero-order chi connectivity index (χ0) is 14.8. The van der Waals surface area contributed by atoms with Gasteiger partial charge in [-0.2, -0.15) is 4.31 Å². The lowest BCUT2D eigenvalue weighted by atomic mass is 10.00. The number of nitrogens with one attached hydrogen (secondary N) is 1. The van der Waals surface area contributed by atoms with Crippen LogP contribution < -0.4 is 5.32 Å². The number of sulfonamides is 1. The molecule has 0 radical (unpaired) electrons. The summed E-state index contributed by atoms with van der Waals surface area (Å²) in [6, 6.07) is 4.91. The fourth-order valence-corrected chi connectivity index (χ4v) is 5.08. The molecule has 1 atom stereocenters. The van der Waals surface area contributed by atoms with Gasteiger partial charge in [-0.15, -0.1) is 0 Å². The minimum absolute atomic E-state index is 0.179. The topological polar surface area (TPSA) is 49.4 Å². The molecule has 1 aromatic rings. The summed E-state index contributed by atoms with van der Waals surface area (Å²) in [6.07, 6.45) is 1.94. The molecule has 7 heteroatoms. The minimum atomic E-state index is -3.52. The highest BCUT2D eigenvalue weighted by atomic mass is 79.9. The molecule has 1 aliphatic rings. The second-order valence-electron chi connectivity index (χ2n) is 5.00. The summed E-state index contributed by atoms with van der Waals surface area (Å²) < 4.78 is 27.7. The maximum Gasteiger partial charge on any atom is 0.244 e. The molecule has 4 nitrogen and oxygen atoms in total. The van der Waals surface area contributed by atoms with Gasteiger partial charge in [0.1, 0.15) is 4.90 Å². The van der Waals surface area contributed by atoms with Gasteiger partial charge in [-0.25, -0.2) is 8.42 Å². The Morgan fingerprint density at radius 1 is 1.50 bits per heavy atom. The Balaban J connectivity index is 2.27. The van der Waals surface area contributed by atoms with E-state index < -0.39 is 10.0 Å². The van der Waals surface area contributed by atoms with Crippen LogP contribution in [0, 0.1) is 5.92 Å². The SMILES string of the molecule is CNC[C@H]1CCCN(S(=O)(=O)c2cc(Br)ccc2Cl)C1. The molecule has 1 aliphatic heterocycles. The number of halogens is 2. The van der Waals surface area contributed by atoms with Crippen LogP contribution in [0.1, 0.15) is 12.8 Å². The van der Waals surface area contributed by atoms with Crippen LogP contribution in [0.15, 0.2) is 27.6 Å². The summed E-state index contributed by atoms with van der Waals surface area (Å²) in [7, 11) is -1.64. The normalized spacial score (nSPS) is 21.1. The number of hydrogen-bond donors (Lipinski definition) is 1. The minimum Gasteiger partial charge on any atom is -0.319 e. The molecule has 1 heterocycles. The van der Waals surface area contributed by atoms with Crippen molar-refractivity contribution in [2.45, 2.75) is 17.7 Å². The maximum atomic E-state index is 12.7. The van der Waals surface area contributed by atoms with E-state index in [1.165, 1.54) is 0 Å². The van der Waals surface area contributed by atoms with Crippen molar-refractivity contribution in [1.29, 1.82) is 0 Å². The van der Waals surface area contributed by atoms with Crippen LogP contribution in [0.3, 0.4) is 0 Å². The number of piperidine rings is 1. The van der Waals surface area contributed by atoms with Crippen LogP contribution >= 0.6 is 27.5 Å². The average molecular weight is 382 g/mol. The second kappa shape index (κ2) is 6.75. The molecule has 1 fully saturated rings. The van der Waals surface area contributed by atoms with E-state index in [1.807, 2.05) is 7.05 Å². The standard InChI is InChI=1S/C13H18BrClN2O2S/c1-16-8-10-3-2-6-17(9-10)20(18,19)13-7-11(14)4-5-12(13)15/h4-5,7,10,16H,2-3,6,8-9H2,1H3/t10-/m1/s1. The van der Waals surface area contributed by atoms with E-state index in [4.69, 9.17) is 11.6 Å². The summed E-state index contributed by atoms with van der Waals surface area (Å²) >= 11 is 9.36. The summed E-state index contributed by atoms with van der Waals surface area (Å²) in [6.45, 7) is 1.94. The van der Waals surface area contributed by atoms with Gasteiger partial charge in [-0.05, 0) is 50.6 Å². The Bertz CT molecular complexity index is 578. The molecule has 0 bridgehead atoms. The monoisotopic (exact) mass is 380 g/mol. The van der Waals surface area contributed by atoms with E-state index >= 15 is 0 Å². The van der Waals surface area contributed by atoms with Crippen molar-refractivity contribution in [3.8, 4) is 0 Å². The van der Waals surface area contributed by atoms with Gasteiger partial charge in [-0.1, -0.05) is 27.5 Å². The number of hydrogen-bond acceptors (Lipinski definition) is 3. The highest BCUT2D eigenvalue weighted by molar-refractivity contribution is 9.10. The molecule has 1 saturated heterocycles. The van der Waals surface area contributed by atoms with Crippen LogP contribution in [-0.4, -0.2) is 39.4 Å². The van der Waals surface area contributed by atoms with Gasteiger partial charge in [0.05, 0.1) is 5.02 Å². The average Bonchev–Trinajstić information content (AvgIpc) is 2.42. The van der Waals surface area contributed by atoms with Crippen molar-refractivity contribution in [3.63, 3.8) is 0 Å². The van der Waals surface area contributed by atoms with Gasteiger partial charge in [0, 0.05) is 17.6 Å². The second-order valence-corrected chi connectivity index (χ2v) is 8.23. The Morgan fingerprint density at radius 3 is 2.95 bits per heavy atom. The molecule has 2 rings (SSSR count). The third-order valence-electron chi connectivity index (χ3n) is 3.49. The predicted octanol–water partition coefficient (Wildman–Crippen LogP) is 2.72. The zero-order valence-corrected chi connectivity index (χ0v) is 14.4. The van der Waals surface area contributed by atoms with E-state index in [9.17, 15) is 8.42 Å².